The molecule has 0 atom stereocenters. The molecule has 1 aliphatic rings. The Bertz CT molecular complexity index is 643. The molecular weight excluding hydrogens is 254 g/mol. The fourth-order valence-corrected chi connectivity index (χ4v) is 3.27. The van der Waals surface area contributed by atoms with Crippen molar-refractivity contribution in [3.63, 3.8) is 0 Å². The van der Waals surface area contributed by atoms with Gasteiger partial charge in [0.05, 0.1) is 0 Å². The first-order chi connectivity index (χ1) is 10.0. The highest BCUT2D eigenvalue weighted by Crippen LogP contribution is 2.31. The summed E-state index contributed by atoms with van der Waals surface area (Å²) >= 11 is 0. The zero-order chi connectivity index (χ0) is 15.0. The molecule has 1 nitrogen and oxygen atoms in total. The Morgan fingerprint density at radius 3 is 2.14 bits per heavy atom. The van der Waals surface area contributed by atoms with Gasteiger partial charge in [0.2, 0.25) is 0 Å². The van der Waals surface area contributed by atoms with Crippen LogP contribution in [0.25, 0.3) is 11.1 Å². The molecule has 0 heterocycles. The summed E-state index contributed by atoms with van der Waals surface area (Å²) in [5.41, 5.74) is 9.64. The van der Waals surface area contributed by atoms with Gasteiger partial charge in [-0.15, -0.1) is 0 Å². The van der Waals surface area contributed by atoms with Crippen LogP contribution in [0, 0.1) is 27.7 Å². The van der Waals surface area contributed by atoms with Crippen LogP contribution in [-0.4, -0.2) is 6.04 Å². The first kappa shape index (κ1) is 14.3. The van der Waals surface area contributed by atoms with E-state index in [1.54, 1.807) is 0 Å². The molecule has 110 valence electrons. The summed E-state index contributed by atoms with van der Waals surface area (Å²) in [7, 11) is 0. The van der Waals surface area contributed by atoms with Crippen LogP contribution in [0.5, 0.6) is 0 Å². The first-order valence-electron chi connectivity index (χ1n) is 7.96. The summed E-state index contributed by atoms with van der Waals surface area (Å²) in [6, 6.07) is 12.2. The van der Waals surface area contributed by atoms with E-state index < -0.39 is 0 Å². The predicted molar refractivity (Wildman–Crippen MR) is 90.7 cm³/mol. The van der Waals surface area contributed by atoms with Crippen molar-refractivity contribution in [3.8, 4) is 11.1 Å². The normalized spacial score (nSPS) is 14.5. The molecule has 1 heteroatoms. The Kier molecular flexibility index (Phi) is 3.86. The van der Waals surface area contributed by atoms with Crippen LogP contribution < -0.4 is 5.32 Å². The van der Waals surface area contributed by atoms with Crippen LogP contribution in [-0.2, 0) is 6.54 Å². The van der Waals surface area contributed by atoms with E-state index in [1.165, 1.54) is 51.8 Å². The van der Waals surface area contributed by atoms with Crippen molar-refractivity contribution in [2.45, 2.75) is 53.1 Å². The highest BCUT2D eigenvalue weighted by molar-refractivity contribution is 5.74. The maximum atomic E-state index is 3.59. The van der Waals surface area contributed by atoms with Gasteiger partial charge in [-0.3, -0.25) is 0 Å². The molecule has 1 saturated carbocycles. The van der Waals surface area contributed by atoms with Crippen molar-refractivity contribution in [3.05, 3.63) is 58.1 Å². The second-order valence-corrected chi connectivity index (χ2v) is 6.58. The van der Waals surface area contributed by atoms with Gasteiger partial charge in [0.1, 0.15) is 0 Å². The molecule has 0 saturated heterocycles. The van der Waals surface area contributed by atoms with Crippen LogP contribution in [0.3, 0.4) is 0 Å². The predicted octanol–water partition coefficient (Wildman–Crippen LogP) is 4.84. The third kappa shape index (κ3) is 3.19. The monoisotopic (exact) mass is 279 g/mol. The number of hydrogen-bond donors (Lipinski definition) is 1. The molecule has 0 bridgehead atoms. The Morgan fingerprint density at radius 2 is 1.57 bits per heavy atom. The second-order valence-electron chi connectivity index (χ2n) is 6.58. The Morgan fingerprint density at radius 1 is 0.905 bits per heavy atom. The van der Waals surface area contributed by atoms with Gasteiger partial charge in [0.15, 0.2) is 0 Å². The van der Waals surface area contributed by atoms with Gasteiger partial charge in [-0.1, -0.05) is 35.9 Å². The van der Waals surface area contributed by atoms with Gasteiger partial charge < -0.3 is 5.32 Å². The lowest BCUT2D eigenvalue weighted by Gasteiger charge is -2.15. The number of benzene rings is 2. The fraction of sp³-hybridized carbons (Fsp3) is 0.400. The topological polar surface area (TPSA) is 12.0 Å². The SMILES string of the molecule is Cc1cc(C)c(-c2ccc(CNC3CC3)cc2C)c(C)c1. The minimum Gasteiger partial charge on any atom is -0.310 e. The van der Waals surface area contributed by atoms with Gasteiger partial charge in [-0.05, 0) is 73.9 Å². The molecule has 2 aromatic rings. The van der Waals surface area contributed by atoms with E-state index in [4.69, 9.17) is 0 Å². The minimum absolute atomic E-state index is 0.770. The van der Waals surface area contributed by atoms with E-state index in [2.05, 4.69) is 63.3 Å². The third-order valence-electron chi connectivity index (χ3n) is 4.41. The summed E-state index contributed by atoms with van der Waals surface area (Å²) in [4.78, 5) is 0. The summed E-state index contributed by atoms with van der Waals surface area (Å²) in [5, 5.41) is 3.59. The van der Waals surface area contributed by atoms with Gasteiger partial charge in [-0.25, -0.2) is 0 Å². The Labute approximate surface area is 128 Å². The lowest BCUT2D eigenvalue weighted by Crippen LogP contribution is -2.15. The molecule has 21 heavy (non-hydrogen) atoms. The summed E-state index contributed by atoms with van der Waals surface area (Å²) in [6.07, 6.45) is 2.69. The quantitative estimate of drug-likeness (QED) is 0.844. The molecule has 0 spiro atoms. The van der Waals surface area contributed by atoms with Crippen LogP contribution in [0.1, 0.15) is 40.7 Å². The Hall–Kier alpha value is -1.60. The van der Waals surface area contributed by atoms with Crippen molar-refractivity contribution >= 4 is 0 Å². The molecular formula is C20H25N. The maximum absolute atomic E-state index is 3.59. The maximum Gasteiger partial charge on any atom is 0.0208 e. The van der Waals surface area contributed by atoms with Gasteiger partial charge in [0, 0.05) is 12.6 Å². The van der Waals surface area contributed by atoms with Crippen LogP contribution >= 0.6 is 0 Å². The van der Waals surface area contributed by atoms with Crippen molar-refractivity contribution in [2.24, 2.45) is 0 Å². The lowest BCUT2D eigenvalue weighted by molar-refractivity contribution is 0.687. The molecule has 1 aliphatic carbocycles. The van der Waals surface area contributed by atoms with Crippen molar-refractivity contribution in [2.75, 3.05) is 0 Å². The average molecular weight is 279 g/mol. The minimum atomic E-state index is 0.770. The largest absolute Gasteiger partial charge is 0.310 e. The number of nitrogens with one attached hydrogen (secondary N) is 1. The lowest BCUT2D eigenvalue weighted by atomic mass is 9.90. The fourth-order valence-electron chi connectivity index (χ4n) is 3.27. The van der Waals surface area contributed by atoms with Crippen LogP contribution in [0.15, 0.2) is 30.3 Å². The second kappa shape index (κ2) is 5.65. The molecule has 0 radical (unpaired) electrons. The Balaban J connectivity index is 1.91. The molecule has 1 N–H and O–H groups in total. The average Bonchev–Trinajstić information content (AvgIpc) is 3.21. The molecule has 0 unspecified atom stereocenters. The van der Waals surface area contributed by atoms with Crippen molar-refractivity contribution in [1.29, 1.82) is 0 Å². The number of rotatable bonds is 4. The van der Waals surface area contributed by atoms with Gasteiger partial charge in [0.25, 0.3) is 0 Å². The van der Waals surface area contributed by atoms with E-state index in [0.29, 0.717) is 0 Å². The third-order valence-corrected chi connectivity index (χ3v) is 4.41. The molecule has 0 amide bonds. The van der Waals surface area contributed by atoms with E-state index in [1.807, 2.05) is 0 Å². The van der Waals surface area contributed by atoms with E-state index in [9.17, 15) is 0 Å². The van der Waals surface area contributed by atoms with Gasteiger partial charge >= 0.3 is 0 Å². The van der Waals surface area contributed by atoms with Crippen molar-refractivity contribution < 1.29 is 0 Å². The standard InChI is InChI=1S/C20H25N/c1-13-9-15(3)20(16(4)10-13)19-8-5-17(11-14(19)2)12-21-18-6-7-18/h5,8-11,18,21H,6-7,12H2,1-4H3. The number of hydrogen-bond acceptors (Lipinski definition) is 1. The molecule has 2 aromatic carbocycles. The zero-order valence-corrected chi connectivity index (χ0v) is 13.6. The molecule has 3 rings (SSSR count). The first-order valence-corrected chi connectivity index (χ1v) is 7.96. The summed E-state index contributed by atoms with van der Waals surface area (Å²) in [6.45, 7) is 9.84. The highest BCUT2D eigenvalue weighted by Gasteiger charge is 2.20. The van der Waals surface area contributed by atoms with E-state index >= 15 is 0 Å². The smallest absolute Gasteiger partial charge is 0.0208 e. The zero-order valence-electron chi connectivity index (χ0n) is 13.6. The van der Waals surface area contributed by atoms with Crippen LogP contribution in [0.2, 0.25) is 0 Å². The highest BCUT2D eigenvalue weighted by atomic mass is 14.9. The van der Waals surface area contributed by atoms with E-state index in [-0.39, 0.29) is 0 Å². The van der Waals surface area contributed by atoms with E-state index in [0.717, 1.165) is 12.6 Å². The molecule has 0 aliphatic heterocycles. The molecule has 0 aromatic heterocycles. The summed E-state index contributed by atoms with van der Waals surface area (Å²) in [5.74, 6) is 0. The van der Waals surface area contributed by atoms with Crippen LogP contribution in [0.4, 0.5) is 0 Å². The number of aryl methyl sites for hydroxylation is 4. The van der Waals surface area contributed by atoms with Crippen molar-refractivity contribution in [1.82, 2.24) is 5.32 Å². The molecule has 1 fully saturated rings. The summed E-state index contributed by atoms with van der Waals surface area (Å²) < 4.78 is 0. The van der Waals surface area contributed by atoms with Gasteiger partial charge in [-0.2, -0.15) is 0 Å².